The van der Waals surface area contributed by atoms with Crippen LogP contribution in [0.4, 0.5) is 0 Å². The van der Waals surface area contributed by atoms with Gasteiger partial charge in [0.25, 0.3) is 0 Å². The van der Waals surface area contributed by atoms with Gasteiger partial charge in [-0.2, -0.15) is 0 Å². The fraction of sp³-hybridized carbons (Fsp3) is 0.562. The molecule has 0 bridgehead atoms. The first kappa shape index (κ1) is 13.6. The molecule has 0 radical (unpaired) electrons. The molecule has 2 N–H and O–H groups in total. The van der Waals surface area contributed by atoms with Crippen LogP contribution in [0.15, 0.2) is 24.3 Å². The van der Waals surface area contributed by atoms with Gasteiger partial charge in [-0.05, 0) is 37.3 Å². The van der Waals surface area contributed by atoms with E-state index in [1.165, 1.54) is 11.1 Å². The van der Waals surface area contributed by atoms with Gasteiger partial charge in [0.05, 0.1) is 11.6 Å². The molecule has 20 heavy (non-hydrogen) atoms. The normalized spacial score (nSPS) is 28.9. The minimum absolute atomic E-state index is 0.0798. The summed E-state index contributed by atoms with van der Waals surface area (Å²) in [5, 5.41) is 6.35. The molecule has 2 heterocycles. The van der Waals surface area contributed by atoms with E-state index < -0.39 is 0 Å². The molecule has 0 aromatic heterocycles. The smallest absolute Gasteiger partial charge is 0.237 e. The Kier molecular flexibility index (Phi) is 3.76. The summed E-state index contributed by atoms with van der Waals surface area (Å²) in [6.45, 7) is 4.25. The third kappa shape index (κ3) is 2.86. The predicted octanol–water partition coefficient (Wildman–Crippen LogP) is 1.39. The van der Waals surface area contributed by atoms with Gasteiger partial charge < -0.3 is 15.4 Å². The zero-order valence-corrected chi connectivity index (χ0v) is 11.9. The molecule has 0 spiro atoms. The van der Waals surface area contributed by atoms with Crippen molar-refractivity contribution in [1.82, 2.24) is 10.6 Å². The van der Waals surface area contributed by atoms with E-state index in [-0.39, 0.29) is 17.6 Å². The Morgan fingerprint density at radius 3 is 3.00 bits per heavy atom. The van der Waals surface area contributed by atoms with Crippen molar-refractivity contribution in [1.29, 1.82) is 0 Å². The van der Waals surface area contributed by atoms with E-state index in [4.69, 9.17) is 4.74 Å². The van der Waals surface area contributed by atoms with Crippen molar-refractivity contribution in [3.05, 3.63) is 35.4 Å². The largest absolute Gasteiger partial charge is 0.373 e. The van der Waals surface area contributed by atoms with Gasteiger partial charge in [-0.15, -0.1) is 0 Å². The summed E-state index contributed by atoms with van der Waals surface area (Å²) in [7, 11) is 0. The Morgan fingerprint density at radius 1 is 1.45 bits per heavy atom. The molecule has 1 aromatic rings. The van der Waals surface area contributed by atoms with E-state index in [0.717, 1.165) is 32.4 Å². The molecule has 0 saturated carbocycles. The number of fused-ring (bicyclic) bond motifs is 1. The van der Waals surface area contributed by atoms with E-state index in [2.05, 4.69) is 29.7 Å². The monoisotopic (exact) mass is 274 g/mol. The molecule has 2 aliphatic rings. The van der Waals surface area contributed by atoms with Crippen LogP contribution in [0.1, 0.15) is 30.9 Å². The Bertz CT molecular complexity index is 495. The number of rotatable bonds is 3. The molecule has 1 fully saturated rings. The van der Waals surface area contributed by atoms with Crippen LogP contribution in [0.5, 0.6) is 0 Å². The van der Waals surface area contributed by atoms with Crippen LogP contribution in [0.3, 0.4) is 0 Å². The number of ether oxygens (including phenoxy) is 1. The molecule has 2 aliphatic heterocycles. The Labute approximate surface area is 119 Å². The maximum absolute atomic E-state index is 12.3. The van der Waals surface area contributed by atoms with Crippen LogP contribution in [-0.2, 0) is 22.5 Å². The van der Waals surface area contributed by atoms with Gasteiger partial charge in [0.1, 0.15) is 0 Å². The maximum Gasteiger partial charge on any atom is 0.237 e. The first-order valence-corrected chi connectivity index (χ1v) is 7.38. The van der Waals surface area contributed by atoms with Gasteiger partial charge >= 0.3 is 0 Å². The highest BCUT2D eigenvalue weighted by molar-refractivity contribution is 5.82. The predicted molar refractivity (Wildman–Crippen MR) is 77.4 cm³/mol. The standard InChI is InChI=1S/C16H22N2O2/c1-16(7-4-8-20-16)11-18-15(19)14-9-12-5-2-3-6-13(12)10-17-14/h2-3,5-6,14,17H,4,7-11H2,1H3,(H,18,19)/t14-,16?/m1/s1. The lowest BCUT2D eigenvalue weighted by molar-refractivity contribution is -0.124. The molecule has 1 unspecified atom stereocenters. The third-order valence-corrected chi connectivity index (χ3v) is 4.33. The van der Waals surface area contributed by atoms with Crippen LogP contribution >= 0.6 is 0 Å². The van der Waals surface area contributed by atoms with Gasteiger partial charge in [-0.3, -0.25) is 4.79 Å². The lowest BCUT2D eigenvalue weighted by Crippen LogP contribution is -2.50. The lowest BCUT2D eigenvalue weighted by atomic mass is 9.95. The second-order valence-electron chi connectivity index (χ2n) is 6.03. The lowest BCUT2D eigenvalue weighted by Gasteiger charge is -2.28. The fourth-order valence-electron chi connectivity index (χ4n) is 3.01. The summed E-state index contributed by atoms with van der Waals surface area (Å²) in [6.07, 6.45) is 2.87. The molecular weight excluding hydrogens is 252 g/mol. The van der Waals surface area contributed by atoms with Crippen molar-refractivity contribution in [2.24, 2.45) is 0 Å². The Morgan fingerprint density at radius 2 is 2.25 bits per heavy atom. The topological polar surface area (TPSA) is 50.4 Å². The van der Waals surface area contributed by atoms with Crippen molar-refractivity contribution < 1.29 is 9.53 Å². The molecule has 4 nitrogen and oxygen atoms in total. The van der Waals surface area contributed by atoms with Crippen molar-refractivity contribution in [2.45, 2.75) is 44.4 Å². The first-order chi connectivity index (χ1) is 9.66. The van der Waals surface area contributed by atoms with E-state index >= 15 is 0 Å². The number of carbonyl (C=O) groups excluding carboxylic acids is 1. The molecule has 1 aromatic carbocycles. The van der Waals surface area contributed by atoms with Crippen molar-refractivity contribution in [2.75, 3.05) is 13.2 Å². The molecule has 1 amide bonds. The quantitative estimate of drug-likeness (QED) is 0.875. The third-order valence-electron chi connectivity index (χ3n) is 4.33. The van der Waals surface area contributed by atoms with Crippen LogP contribution in [0, 0.1) is 0 Å². The number of benzene rings is 1. The minimum Gasteiger partial charge on any atom is -0.373 e. The highest BCUT2D eigenvalue weighted by Gasteiger charge is 2.31. The molecule has 3 rings (SSSR count). The number of hydrogen-bond acceptors (Lipinski definition) is 3. The van der Waals surface area contributed by atoms with E-state index in [1.807, 2.05) is 12.1 Å². The van der Waals surface area contributed by atoms with E-state index in [9.17, 15) is 4.79 Å². The molecule has 2 atom stereocenters. The number of nitrogens with one attached hydrogen (secondary N) is 2. The van der Waals surface area contributed by atoms with Gasteiger partial charge in [0.15, 0.2) is 0 Å². The highest BCUT2D eigenvalue weighted by Crippen LogP contribution is 2.24. The number of carbonyl (C=O) groups is 1. The number of amides is 1. The minimum atomic E-state index is -0.178. The summed E-state index contributed by atoms with van der Waals surface area (Å²) in [5.74, 6) is 0.0798. The summed E-state index contributed by atoms with van der Waals surface area (Å²) in [6, 6.07) is 8.17. The van der Waals surface area contributed by atoms with Crippen LogP contribution in [0.2, 0.25) is 0 Å². The van der Waals surface area contributed by atoms with Gasteiger partial charge in [-0.25, -0.2) is 0 Å². The van der Waals surface area contributed by atoms with E-state index in [1.54, 1.807) is 0 Å². The average Bonchev–Trinajstić information content (AvgIpc) is 2.91. The van der Waals surface area contributed by atoms with Gasteiger partial charge in [0.2, 0.25) is 5.91 Å². The van der Waals surface area contributed by atoms with Gasteiger partial charge in [-0.1, -0.05) is 24.3 Å². The molecule has 108 valence electrons. The Hall–Kier alpha value is -1.39. The summed E-state index contributed by atoms with van der Waals surface area (Å²) in [4.78, 5) is 12.3. The Balaban J connectivity index is 1.56. The number of hydrogen-bond donors (Lipinski definition) is 2. The fourth-order valence-corrected chi connectivity index (χ4v) is 3.01. The molecule has 0 aliphatic carbocycles. The zero-order chi connectivity index (χ0) is 14.0. The summed E-state index contributed by atoms with van der Waals surface area (Å²) < 4.78 is 5.70. The van der Waals surface area contributed by atoms with Crippen LogP contribution in [-0.4, -0.2) is 30.7 Å². The van der Waals surface area contributed by atoms with Crippen LogP contribution < -0.4 is 10.6 Å². The SMILES string of the molecule is CC1(CNC(=O)[C@H]2Cc3ccccc3CN2)CCCO1. The summed E-state index contributed by atoms with van der Waals surface area (Å²) in [5.41, 5.74) is 2.39. The second kappa shape index (κ2) is 5.54. The first-order valence-electron chi connectivity index (χ1n) is 7.38. The highest BCUT2D eigenvalue weighted by atomic mass is 16.5. The van der Waals surface area contributed by atoms with Crippen LogP contribution in [0.25, 0.3) is 0 Å². The zero-order valence-electron chi connectivity index (χ0n) is 11.9. The molecular formula is C16H22N2O2. The summed E-state index contributed by atoms with van der Waals surface area (Å²) >= 11 is 0. The molecule has 4 heteroatoms. The molecule has 1 saturated heterocycles. The van der Waals surface area contributed by atoms with Gasteiger partial charge in [0, 0.05) is 19.7 Å². The van der Waals surface area contributed by atoms with E-state index in [0.29, 0.717) is 6.54 Å². The second-order valence-corrected chi connectivity index (χ2v) is 6.03. The van der Waals surface area contributed by atoms with Crippen molar-refractivity contribution in [3.8, 4) is 0 Å². The average molecular weight is 274 g/mol. The maximum atomic E-state index is 12.3. The van der Waals surface area contributed by atoms with Crippen molar-refractivity contribution >= 4 is 5.91 Å². The van der Waals surface area contributed by atoms with Crippen molar-refractivity contribution in [3.63, 3.8) is 0 Å².